The molecule has 5 heteroatoms. The molecular formula is C16H17BrN2OS. The Balaban J connectivity index is 1.95. The fraction of sp³-hybridized carbons (Fsp3) is 0.312. The van der Waals surface area contributed by atoms with Gasteiger partial charge in [-0.3, -0.25) is 4.68 Å². The Labute approximate surface area is 136 Å². The van der Waals surface area contributed by atoms with Gasteiger partial charge in [0.15, 0.2) is 0 Å². The van der Waals surface area contributed by atoms with Crippen molar-refractivity contribution < 1.29 is 5.11 Å². The number of nitrogens with zero attached hydrogens (tertiary/aromatic N) is 2. The van der Waals surface area contributed by atoms with Gasteiger partial charge in [0.2, 0.25) is 0 Å². The number of fused-ring (bicyclic) bond motifs is 1. The lowest BCUT2D eigenvalue weighted by molar-refractivity contribution is 0.177. The first kappa shape index (κ1) is 14.8. The Morgan fingerprint density at radius 3 is 2.90 bits per heavy atom. The van der Waals surface area contributed by atoms with Crippen molar-refractivity contribution in [2.24, 2.45) is 0 Å². The molecule has 2 heterocycles. The molecule has 0 aliphatic carbocycles. The SMILES string of the molecule is CCn1nc(C)c(Br)c1CC(O)c1csc2ccccc12. The van der Waals surface area contributed by atoms with Crippen molar-refractivity contribution in [2.45, 2.75) is 32.9 Å². The van der Waals surface area contributed by atoms with Gasteiger partial charge in [-0.1, -0.05) is 18.2 Å². The summed E-state index contributed by atoms with van der Waals surface area (Å²) >= 11 is 5.27. The number of aliphatic hydroxyl groups excluding tert-OH is 1. The van der Waals surface area contributed by atoms with E-state index in [1.54, 1.807) is 11.3 Å². The Morgan fingerprint density at radius 2 is 2.14 bits per heavy atom. The fourth-order valence-electron chi connectivity index (χ4n) is 2.61. The molecule has 0 saturated carbocycles. The molecule has 0 fully saturated rings. The lowest BCUT2D eigenvalue weighted by atomic mass is 10.0. The molecule has 3 rings (SSSR count). The van der Waals surface area contributed by atoms with Crippen molar-refractivity contribution >= 4 is 37.4 Å². The molecule has 0 spiro atoms. The maximum absolute atomic E-state index is 10.7. The van der Waals surface area contributed by atoms with Gasteiger partial charge in [0, 0.05) is 17.7 Å². The molecule has 0 radical (unpaired) electrons. The van der Waals surface area contributed by atoms with E-state index >= 15 is 0 Å². The highest BCUT2D eigenvalue weighted by Crippen LogP contribution is 2.33. The van der Waals surface area contributed by atoms with Crippen LogP contribution < -0.4 is 0 Å². The number of hydrogen-bond donors (Lipinski definition) is 1. The van der Waals surface area contributed by atoms with Crippen molar-refractivity contribution in [2.75, 3.05) is 0 Å². The maximum atomic E-state index is 10.7. The molecule has 0 bridgehead atoms. The molecule has 1 aromatic carbocycles. The Bertz CT molecular complexity index is 778. The molecule has 0 aliphatic rings. The van der Waals surface area contributed by atoms with Gasteiger partial charge in [-0.2, -0.15) is 5.10 Å². The van der Waals surface area contributed by atoms with Crippen LogP contribution in [0.15, 0.2) is 34.1 Å². The summed E-state index contributed by atoms with van der Waals surface area (Å²) in [5.74, 6) is 0. The summed E-state index contributed by atoms with van der Waals surface area (Å²) in [7, 11) is 0. The minimum Gasteiger partial charge on any atom is -0.388 e. The lowest BCUT2D eigenvalue weighted by Gasteiger charge is -2.12. The first-order chi connectivity index (χ1) is 10.1. The van der Waals surface area contributed by atoms with E-state index in [1.807, 2.05) is 23.7 Å². The lowest BCUT2D eigenvalue weighted by Crippen LogP contribution is -2.08. The van der Waals surface area contributed by atoms with Crippen LogP contribution in [0.3, 0.4) is 0 Å². The van der Waals surface area contributed by atoms with Crippen LogP contribution in [-0.4, -0.2) is 14.9 Å². The van der Waals surface area contributed by atoms with E-state index in [0.29, 0.717) is 6.42 Å². The van der Waals surface area contributed by atoms with Crippen LogP contribution in [0, 0.1) is 6.92 Å². The zero-order chi connectivity index (χ0) is 15.0. The highest BCUT2D eigenvalue weighted by atomic mass is 79.9. The summed E-state index contributed by atoms with van der Waals surface area (Å²) in [4.78, 5) is 0. The van der Waals surface area contributed by atoms with Gasteiger partial charge in [0.1, 0.15) is 0 Å². The van der Waals surface area contributed by atoms with Gasteiger partial charge >= 0.3 is 0 Å². The topological polar surface area (TPSA) is 38.0 Å². The highest BCUT2D eigenvalue weighted by Gasteiger charge is 2.19. The number of aryl methyl sites for hydroxylation is 2. The second-order valence-corrected chi connectivity index (χ2v) is 6.77. The molecule has 3 aromatic rings. The molecular weight excluding hydrogens is 348 g/mol. The number of benzene rings is 1. The molecule has 0 amide bonds. The van der Waals surface area contributed by atoms with Crippen LogP contribution in [0.2, 0.25) is 0 Å². The normalized spacial score (nSPS) is 13.0. The Hall–Kier alpha value is -1.17. The molecule has 1 N–H and O–H groups in total. The fourth-order valence-corrected chi connectivity index (χ4v) is 4.07. The van der Waals surface area contributed by atoms with Crippen LogP contribution in [0.5, 0.6) is 0 Å². The summed E-state index contributed by atoms with van der Waals surface area (Å²) < 4.78 is 4.17. The van der Waals surface area contributed by atoms with Crippen LogP contribution in [0.25, 0.3) is 10.1 Å². The summed E-state index contributed by atoms with van der Waals surface area (Å²) in [6, 6.07) is 8.21. The number of thiophene rings is 1. The van der Waals surface area contributed by atoms with Gasteiger partial charge in [0.25, 0.3) is 0 Å². The van der Waals surface area contributed by atoms with E-state index in [1.165, 1.54) is 4.70 Å². The van der Waals surface area contributed by atoms with Crippen molar-refractivity contribution in [3.63, 3.8) is 0 Å². The third-order valence-corrected chi connectivity index (χ3v) is 5.72. The predicted molar refractivity (Wildman–Crippen MR) is 90.8 cm³/mol. The van der Waals surface area contributed by atoms with Crippen molar-refractivity contribution in [3.05, 3.63) is 51.1 Å². The third kappa shape index (κ3) is 2.65. The van der Waals surface area contributed by atoms with Gasteiger partial charge in [-0.25, -0.2) is 0 Å². The summed E-state index contributed by atoms with van der Waals surface area (Å²) in [6.07, 6.45) is 0.0505. The number of aliphatic hydroxyl groups is 1. The van der Waals surface area contributed by atoms with E-state index in [9.17, 15) is 5.11 Å². The Morgan fingerprint density at radius 1 is 1.38 bits per heavy atom. The van der Waals surface area contributed by atoms with Gasteiger partial charge in [0.05, 0.1) is 22.0 Å². The molecule has 0 aliphatic heterocycles. The van der Waals surface area contributed by atoms with Crippen LogP contribution >= 0.6 is 27.3 Å². The van der Waals surface area contributed by atoms with E-state index in [2.05, 4.69) is 45.5 Å². The smallest absolute Gasteiger partial charge is 0.0859 e. The second kappa shape index (κ2) is 5.91. The van der Waals surface area contributed by atoms with E-state index < -0.39 is 6.10 Å². The average molecular weight is 365 g/mol. The highest BCUT2D eigenvalue weighted by molar-refractivity contribution is 9.10. The second-order valence-electron chi connectivity index (χ2n) is 5.07. The first-order valence-electron chi connectivity index (χ1n) is 6.97. The monoisotopic (exact) mass is 364 g/mol. The minimum atomic E-state index is -0.515. The van der Waals surface area contributed by atoms with Crippen LogP contribution in [-0.2, 0) is 13.0 Å². The molecule has 0 saturated heterocycles. The molecule has 110 valence electrons. The summed E-state index contributed by atoms with van der Waals surface area (Å²) in [5.41, 5.74) is 3.02. The predicted octanol–water partition coefficient (Wildman–Crippen LogP) is 4.46. The van der Waals surface area contributed by atoms with Gasteiger partial charge in [-0.05, 0) is 52.2 Å². The molecule has 1 atom stereocenters. The largest absolute Gasteiger partial charge is 0.388 e. The molecule has 21 heavy (non-hydrogen) atoms. The first-order valence-corrected chi connectivity index (χ1v) is 8.65. The quantitative estimate of drug-likeness (QED) is 0.741. The number of halogens is 1. The van der Waals surface area contributed by atoms with Crippen molar-refractivity contribution in [1.29, 1.82) is 0 Å². The number of aromatic nitrogens is 2. The third-order valence-electron chi connectivity index (χ3n) is 3.71. The number of rotatable bonds is 4. The van der Waals surface area contributed by atoms with Crippen LogP contribution in [0.4, 0.5) is 0 Å². The molecule has 1 unspecified atom stereocenters. The van der Waals surface area contributed by atoms with Gasteiger partial charge in [-0.15, -0.1) is 11.3 Å². The van der Waals surface area contributed by atoms with E-state index in [0.717, 1.165) is 33.4 Å². The van der Waals surface area contributed by atoms with Gasteiger partial charge < -0.3 is 5.11 Å². The van der Waals surface area contributed by atoms with E-state index in [-0.39, 0.29) is 0 Å². The summed E-state index contributed by atoms with van der Waals surface area (Å²) in [6.45, 7) is 4.85. The molecule has 3 nitrogen and oxygen atoms in total. The number of hydrogen-bond acceptors (Lipinski definition) is 3. The zero-order valence-corrected chi connectivity index (χ0v) is 14.4. The maximum Gasteiger partial charge on any atom is 0.0859 e. The van der Waals surface area contributed by atoms with E-state index in [4.69, 9.17) is 0 Å². The van der Waals surface area contributed by atoms with Crippen molar-refractivity contribution in [3.8, 4) is 0 Å². The van der Waals surface area contributed by atoms with Crippen molar-refractivity contribution in [1.82, 2.24) is 9.78 Å². The summed E-state index contributed by atoms with van der Waals surface area (Å²) in [5, 5.41) is 18.3. The Kier molecular flexibility index (Phi) is 4.15. The minimum absolute atomic E-state index is 0.515. The average Bonchev–Trinajstić information content (AvgIpc) is 3.03. The molecule has 2 aromatic heterocycles. The zero-order valence-electron chi connectivity index (χ0n) is 12.0. The van der Waals surface area contributed by atoms with Crippen LogP contribution in [0.1, 0.15) is 30.0 Å². The standard InChI is InChI=1S/C16H17BrN2OS/c1-3-19-13(16(17)10(2)18-19)8-14(20)12-9-21-15-7-5-4-6-11(12)15/h4-7,9,14,20H,3,8H2,1-2H3.